The summed E-state index contributed by atoms with van der Waals surface area (Å²) in [6, 6.07) is 11.0. The predicted octanol–water partition coefficient (Wildman–Crippen LogP) is 0.141. The summed E-state index contributed by atoms with van der Waals surface area (Å²) in [5.41, 5.74) is 0.181. The molecule has 0 amide bonds. The lowest BCUT2D eigenvalue weighted by Gasteiger charge is -2.39. The van der Waals surface area contributed by atoms with E-state index >= 15 is 0 Å². The van der Waals surface area contributed by atoms with Crippen LogP contribution in [0.5, 0.6) is 17.2 Å². The number of rotatable bonds is 5. The number of benzene rings is 2. The van der Waals surface area contributed by atoms with E-state index in [1.165, 1.54) is 48.5 Å². The summed E-state index contributed by atoms with van der Waals surface area (Å²) in [7, 11) is 0. The van der Waals surface area contributed by atoms with Crippen LogP contribution in [0.1, 0.15) is 10.4 Å². The Bertz CT molecular complexity index is 790. The zero-order valence-corrected chi connectivity index (χ0v) is 14.6. The average molecular weight is 392 g/mol. The zero-order valence-electron chi connectivity index (χ0n) is 14.6. The Morgan fingerprint density at radius 2 is 1.43 bits per heavy atom. The van der Waals surface area contributed by atoms with Crippen LogP contribution in [0.15, 0.2) is 48.5 Å². The summed E-state index contributed by atoms with van der Waals surface area (Å²) in [6.07, 6.45) is -7.13. The van der Waals surface area contributed by atoms with E-state index in [0.29, 0.717) is 0 Å². The molecule has 5 unspecified atom stereocenters. The number of aromatic hydroxyl groups is 2. The molecule has 5 N–H and O–H groups in total. The van der Waals surface area contributed by atoms with E-state index in [1.54, 1.807) is 0 Å². The van der Waals surface area contributed by atoms with Crippen molar-refractivity contribution < 1.29 is 44.5 Å². The number of aliphatic hydroxyl groups is 3. The number of hydrogen-bond acceptors (Lipinski definition) is 9. The molecule has 150 valence electrons. The van der Waals surface area contributed by atoms with Crippen LogP contribution in [0.2, 0.25) is 0 Å². The van der Waals surface area contributed by atoms with Crippen molar-refractivity contribution in [1.29, 1.82) is 0 Å². The SMILES string of the molecule is O=C(OCC1OC(Oc2ccc(O)cc2)C(O)C(O)C1O)c1ccc(O)cc1. The molecule has 5 atom stereocenters. The van der Waals surface area contributed by atoms with Gasteiger partial charge in [0.25, 0.3) is 0 Å². The van der Waals surface area contributed by atoms with Gasteiger partial charge < -0.3 is 39.7 Å². The molecule has 0 spiro atoms. The van der Waals surface area contributed by atoms with Gasteiger partial charge in [-0.25, -0.2) is 4.79 Å². The lowest BCUT2D eigenvalue weighted by molar-refractivity contribution is -0.277. The number of aliphatic hydroxyl groups excluding tert-OH is 3. The summed E-state index contributed by atoms with van der Waals surface area (Å²) in [5.74, 6) is -0.446. The smallest absolute Gasteiger partial charge is 0.338 e. The highest BCUT2D eigenvalue weighted by Gasteiger charge is 2.45. The molecule has 28 heavy (non-hydrogen) atoms. The number of phenolic OH excluding ortho intramolecular Hbond substituents is 2. The Morgan fingerprint density at radius 1 is 0.857 bits per heavy atom. The Labute approximate surface area is 160 Å². The summed E-state index contributed by atoms with van der Waals surface area (Å²) >= 11 is 0. The molecule has 1 aliphatic heterocycles. The highest BCUT2D eigenvalue weighted by atomic mass is 16.7. The topological polar surface area (TPSA) is 146 Å². The minimum atomic E-state index is -1.59. The number of esters is 1. The van der Waals surface area contributed by atoms with E-state index in [4.69, 9.17) is 14.2 Å². The van der Waals surface area contributed by atoms with Crippen LogP contribution < -0.4 is 4.74 Å². The van der Waals surface area contributed by atoms with E-state index in [9.17, 15) is 30.3 Å². The molecule has 1 heterocycles. The molecule has 9 nitrogen and oxygen atoms in total. The number of carbonyl (C=O) groups is 1. The molecule has 2 aromatic carbocycles. The van der Waals surface area contributed by atoms with E-state index in [-0.39, 0.29) is 22.8 Å². The van der Waals surface area contributed by atoms with Gasteiger partial charge in [-0.15, -0.1) is 0 Å². The molecule has 9 heteroatoms. The van der Waals surface area contributed by atoms with Crippen molar-refractivity contribution in [3.63, 3.8) is 0 Å². The summed E-state index contributed by atoms with van der Waals surface area (Å²) < 4.78 is 16.0. The number of hydrogen-bond donors (Lipinski definition) is 5. The molecule has 0 radical (unpaired) electrons. The van der Waals surface area contributed by atoms with Crippen LogP contribution in [0.25, 0.3) is 0 Å². The van der Waals surface area contributed by atoms with Gasteiger partial charge in [-0.1, -0.05) is 0 Å². The Kier molecular flexibility index (Phi) is 6.00. The van der Waals surface area contributed by atoms with Crippen molar-refractivity contribution in [3.8, 4) is 17.2 Å². The van der Waals surface area contributed by atoms with Gasteiger partial charge in [0.2, 0.25) is 6.29 Å². The van der Waals surface area contributed by atoms with Crippen LogP contribution in [0, 0.1) is 0 Å². The average Bonchev–Trinajstić information content (AvgIpc) is 2.69. The maximum absolute atomic E-state index is 12.0. The molecule has 1 saturated heterocycles. The fraction of sp³-hybridized carbons (Fsp3) is 0.316. The molecule has 0 aromatic heterocycles. The highest BCUT2D eigenvalue weighted by Crippen LogP contribution is 2.26. The molecule has 1 aliphatic rings. The van der Waals surface area contributed by atoms with Crippen LogP contribution >= 0.6 is 0 Å². The van der Waals surface area contributed by atoms with Gasteiger partial charge in [0.05, 0.1) is 5.56 Å². The van der Waals surface area contributed by atoms with Crippen molar-refractivity contribution in [2.45, 2.75) is 30.7 Å². The van der Waals surface area contributed by atoms with Gasteiger partial charge in [0.1, 0.15) is 48.3 Å². The summed E-state index contributed by atoms with van der Waals surface area (Å²) in [6.45, 7) is -0.403. The highest BCUT2D eigenvalue weighted by molar-refractivity contribution is 5.89. The molecular weight excluding hydrogens is 372 g/mol. The van der Waals surface area contributed by atoms with Gasteiger partial charge in [0, 0.05) is 0 Å². The number of carbonyl (C=O) groups excluding carboxylic acids is 1. The zero-order chi connectivity index (χ0) is 20.3. The monoisotopic (exact) mass is 392 g/mol. The number of phenols is 2. The van der Waals surface area contributed by atoms with E-state index in [0.717, 1.165) is 0 Å². The van der Waals surface area contributed by atoms with Gasteiger partial charge in [-0.05, 0) is 48.5 Å². The maximum Gasteiger partial charge on any atom is 0.338 e. The molecular formula is C19H20O9. The predicted molar refractivity (Wildman–Crippen MR) is 93.8 cm³/mol. The van der Waals surface area contributed by atoms with Crippen molar-refractivity contribution in [2.24, 2.45) is 0 Å². The Morgan fingerprint density at radius 3 is 2.04 bits per heavy atom. The second-order valence-corrected chi connectivity index (χ2v) is 6.27. The van der Waals surface area contributed by atoms with Crippen molar-refractivity contribution in [2.75, 3.05) is 6.61 Å². The van der Waals surface area contributed by atoms with E-state index in [1.807, 2.05) is 0 Å². The van der Waals surface area contributed by atoms with Gasteiger partial charge in [-0.3, -0.25) is 0 Å². The minimum Gasteiger partial charge on any atom is -0.508 e. The fourth-order valence-electron chi connectivity index (χ4n) is 2.65. The third-order valence-electron chi connectivity index (χ3n) is 4.24. The van der Waals surface area contributed by atoms with Crippen molar-refractivity contribution in [3.05, 3.63) is 54.1 Å². The lowest BCUT2D eigenvalue weighted by atomic mass is 9.99. The van der Waals surface area contributed by atoms with E-state index in [2.05, 4.69) is 0 Å². The van der Waals surface area contributed by atoms with Gasteiger partial charge >= 0.3 is 5.97 Å². The Hall–Kier alpha value is -2.85. The van der Waals surface area contributed by atoms with Gasteiger partial charge in [0.15, 0.2) is 0 Å². The number of ether oxygens (including phenoxy) is 3. The lowest BCUT2D eigenvalue weighted by Crippen LogP contribution is -2.60. The fourth-order valence-corrected chi connectivity index (χ4v) is 2.65. The second kappa shape index (κ2) is 8.44. The van der Waals surface area contributed by atoms with Gasteiger partial charge in [-0.2, -0.15) is 0 Å². The maximum atomic E-state index is 12.0. The van der Waals surface area contributed by atoms with E-state index < -0.39 is 43.3 Å². The molecule has 2 aromatic rings. The molecule has 0 saturated carbocycles. The quantitative estimate of drug-likeness (QED) is 0.449. The van der Waals surface area contributed by atoms with Crippen molar-refractivity contribution in [1.82, 2.24) is 0 Å². The van der Waals surface area contributed by atoms with Crippen molar-refractivity contribution >= 4 is 5.97 Å². The normalized spacial score (nSPS) is 27.2. The summed E-state index contributed by atoms with van der Waals surface area (Å²) in [5, 5.41) is 48.8. The Balaban J connectivity index is 1.63. The molecule has 0 aliphatic carbocycles. The third kappa shape index (κ3) is 4.52. The first-order valence-corrected chi connectivity index (χ1v) is 8.46. The standard InChI is InChI=1S/C19H20O9/c20-11-3-1-10(2-4-11)18(25)26-9-14-15(22)16(23)17(24)19(28-14)27-13-7-5-12(21)6-8-13/h1-8,14-17,19-24H,9H2. The summed E-state index contributed by atoms with van der Waals surface area (Å²) in [4.78, 5) is 12.0. The molecule has 0 bridgehead atoms. The first-order chi connectivity index (χ1) is 13.3. The van der Waals surface area contributed by atoms with Crippen LogP contribution in [-0.4, -0.2) is 68.8 Å². The molecule has 3 rings (SSSR count). The first-order valence-electron chi connectivity index (χ1n) is 8.46. The first kappa shape index (κ1) is 19.9. The molecule has 1 fully saturated rings. The largest absolute Gasteiger partial charge is 0.508 e. The second-order valence-electron chi connectivity index (χ2n) is 6.27. The minimum absolute atomic E-state index is 0.00563. The van der Waals surface area contributed by atoms with Crippen LogP contribution in [-0.2, 0) is 9.47 Å². The third-order valence-corrected chi connectivity index (χ3v) is 4.24. The van der Waals surface area contributed by atoms with Crippen LogP contribution in [0.3, 0.4) is 0 Å². The van der Waals surface area contributed by atoms with Crippen LogP contribution in [0.4, 0.5) is 0 Å².